The van der Waals surface area contributed by atoms with Crippen LogP contribution in [0.1, 0.15) is 0 Å². The van der Waals surface area contributed by atoms with Gasteiger partial charge in [-0.1, -0.05) is 24.2 Å². The molecule has 1 atom stereocenters. The number of aliphatic hydroxyl groups excluding tert-OH is 1. The zero-order valence-corrected chi connectivity index (χ0v) is 17.6. The highest BCUT2D eigenvalue weighted by molar-refractivity contribution is 6.34. The molecule has 1 saturated heterocycles. The number of nitrogens with zero attached hydrogens (tertiary/aromatic N) is 4. The van der Waals surface area contributed by atoms with Crippen molar-refractivity contribution in [2.75, 3.05) is 31.1 Å². The summed E-state index contributed by atoms with van der Waals surface area (Å²) in [6, 6.07) is 4.55. The number of aliphatic hydroxyl groups is 1. The number of carbonyl (C=O) groups excluding carboxylic acids is 1. The van der Waals surface area contributed by atoms with Crippen LogP contribution in [0.3, 0.4) is 0 Å². The first-order valence-electron chi connectivity index (χ1n) is 9.76. The zero-order valence-electron chi connectivity index (χ0n) is 16.8. The maximum absolute atomic E-state index is 15.5. The molecule has 0 bridgehead atoms. The minimum Gasteiger partial charge on any atom is -0.507 e. The highest BCUT2D eigenvalue weighted by Gasteiger charge is 2.31. The number of phenols is 1. The summed E-state index contributed by atoms with van der Waals surface area (Å²) in [7, 11) is 0. The van der Waals surface area contributed by atoms with Crippen molar-refractivity contribution in [3.05, 3.63) is 59.9 Å². The van der Waals surface area contributed by atoms with E-state index in [0.717, 1.165) is 6.07 Å². The minimum absolute atomic E-state index is 0.0952. The van der Waals surface area contributed by atoms with E-state index in [1.807, 2.05) is 0 Å². The van der Waals surface area contributed by atoms with Crippen molar-refractivity contribution in [2.24, 2.45) is 0 Å². The van der Waals surface area contributed by atoms with Crippen molar-refractivity contribution in [1.29, 1.82) is 0 Å². The summed E-state index contributed by atoms with van der Waals surface area (Å²) in [6.07, 6.45) is 2.36. The van der Waals surface area contributed by atoms with Crippen LogP contribution in [0, 0.1) is 11.6 Å². The predicted molar refractivity (Wildman–Crippen MR) is 117 cm³/mol. The van der Waals surface area contributed by atoms with Crippen molar-refractivity contribution in [1.82, 2.24) is 14.9 Å². The molecule has 0 spiro atoms. The molecule has 2 aromatic carbocycles. The van der Waals surface area contributed by atoms with E-state index < -0.39 is 23.4 Å². The Morgan fingerprint density at radius 1 is 1.28 bits per heavy atom. The third-order valence-electron chi connectivity index (χ3n) is 5.49. The standard InChI is InChI=1S/C22H19ClF2N4O3/c1-2-17(32)29-7-6-28(9-12(29)10-30)22-13-8-14(23)18(20(25)21(13)26-11-27-22)19-15(24)4-3-5-16(19)31/h2-5,8,11-12,30-31H,1,6-7,9-10H2. The number of amides is 1. The molecule has 0 radical (unpaired) electrons. The number of piperazine rings is 1. The quantitative estimate of drug-likeness (QED) is 0.581. The highest BCUT2D eigenvalue weighted by Crippen LogP contribution is 2.42. The lowest BCUT2D eigenvalue weighted by Crippen LogP contribution is -2.56. The number of hydrogen-bond donors (Lipinski definition) is 2. The van der Waals surface area contributed by atoms with Gasteiger partial charge in [-0.3, -0.25) is 4.79 Å². The van der Waals surface area contributed by atoms with Gasteiger partial charge in [0.1, 0.15) is 29.2 Å². The molecule has 10 heteroatoms. The Hall–Kier alpha value is -3.30. The fraction of sp³-hybridized carbons (Fsp3) is 0.227. The first kappa shape index (κ1) is 21.9. The average molecular weight is 461 g/mol. The average Bonchev–Trinajstić information content (AvgIpc) is 2.79. The van der Waals surface area contributed by atoms with Gasteiger partial charge in [-0.15, -0.1) is 0 Å². The maximum atomic E-state index is 15.5. The fourth-order valence-electron chi connectivity index (χ4n) is 3.97. The molecular weight excluding hydrogens is 442 g/mol. The summed E-state index contributed by atoms with van der Waals surface area (Å²) in [5.74, 6) is -2.10. The van der Waals surface area contributed by atoms with Crippen molar-refractivity contribution >= 4 is 34.2 Å². The van der Waals surface area contributed by atoms with E-state index in [4.69, 9.17) is 11.6 Å². The van der Waals surface area contributed by atoms with Gasteiger partial charge in [-0.05, 0) is 24.3 Å². The number of halogens is 3. The first-order chi connectivity index (χ1) is 15.4. The van der Waals surface area contributed by atoms with Crippen molar-refractivity contribution < 1.29 is 23.8 Å². The molecule has 1 amide bonds. The molecule has 32 heavy (non-hydrogen) atoms. The van der Waals surface area contributed by atoms with Crippen molar-refractivity contribution in [2.45, 2.75) is 6.04 Å². The normalized spacial score (nSPS) is 16.4. The van der Waals surface area contributed by atoms with Gasteiger partial charge in [0.25, 0.3) is 0 Å². The Morgan fingerprint density at radius 2 is 2.06 bits per heavy atom. The van der Waals surface area contributed by atoms with Gasteiger partial charge in [-0.25, -0.2) is 18.7 Å². The number of phenolic OH excluding ortho intramolecular Hbond substituents is 1. The molecule has 2 N–H and O–H groups in total. The van der Waals surface area contributed by atoms with Gasteiger partial charge in [0.2, 0.25) is 5.91 Å². The molecule has 1 aromatic heterocycles. The summed E-state index contributed by atoms with van der Waals surface area (Å²) in [6.45, 7) is 4.13. The molecule has 1 fully saturated rings. The Bertz CT molecular complexity index is 1200. The van der Waals surface area contributed by atoms with Gasteiger partial charge in [-0.2, -0.15) is 0 Å². The van der Waals surface area contributed by atoms with Gasteiger partial charge < -0.3 is 20.0 Å². The first-order valence-corrected chi connectivity index (χ1v) is 10.1. The molecule has 7 nitrogen and oxygen atoms in total. The van der Waals surface area contributed by atoms with Crippen LogP contribution in [0.2, 0.25) is 5.02 Å². The molecule has 1 aliphatic heterocycles. The highest BCUT2D eigenvalue weighted by atomic mass is 35.5. The van der Waals surface area contributed by atoms with Crippen LogP contribution in [0.5, 0.6) is 5.75 Å². The number of carbonyl (C=O) groups is 1. The molecule has 4 rings (SSSR count). The lowest BCUT2D eigenvalue weighted by atomic mass is 10.0. The molecule has 0 saturated carbocycles. The van der Waals surface area contributed by atoms with Crippen LogP contribution in [-0.4, -0.2) is 63.3 Å². The number of benzene rings is 2. The predicted octanol–water partition coefficient (Wildman–Crippen LogP) is 3.13. The number of fused-ring (bicyclic) bond motifs is 1. The summed E-state index contributed by atoms with van der Waals surface area (Å²) in [5.41, 5.74) is -0.745. The number of hydrogen-bond acceptors (Lipinski definition) is 6. The molecular formula is C22H19ClF2N4O3. The van der Waals surface area contributed by atoms with Gasteiger partial charge >= 0.3 is 0 Å². The number of aromatic nitrogens is 2. The fourth-order valence-corrected chi connectivity index (χ4v) is 4.26. The minimum atomic E-state index is -0.893. The lowest BCUT2D eigenvalue weighted by Gasteiger charge is -2.41. The summed E-state index contributed by atoms with van der Waals surface area (Å²) < 4.78 is 29.9. The Balaban J connectivity index is 1.81. The van der Waals surface area contributed by atoms with Crippen LogP contribution in [0.15, 0.2) is 43.2 Å². The van der Waals surface area contributed by atoms with E-state index in [1.54, 1.807) is 4.90 Å². The molecule has 1 aliphatic rings. The topological polar surface area (TPSA) is 89.8 Å². The molecule has 166 valence electrons. The molecule has 0 aliphatic carbocycles. The zero-order chi connectivity index (χ0) is 23.0. The molecule has 1 unspecified atom stereocenters. The van der Waals surface area contributed by atoms with E-state index in [2.05, 4.69) is 16.5 Å². The molecule has 3 aromatic rings. The van der Waals surface area contributed by atoms with Gasteiger partial charge in [0.15, 0.2) is 5.82 Å². The Kier molecular flexibility index (Phi) is 5.94. The van der Waals surface area contributed by atoms with Gasteiger partial charge in [0.05, 0.1) is 23.2 Å². The van der Waals surface area contributed by atoms with E-state index in [-0.39, 0.29) is 46.1 Å². The smallest absolute Gasteiger partial charge is 0.246 e. The van der Waals surface area contributed by atoms with E-state index in [9.17, 15) is 19.4 Å². The lowest BCUT2D eigenvalue weighted by molar-refractivity contribution is -0.129. The Labute approximate surface area is 187 Å². The van der Waals surface area contributed by atoms with Crippen LogP contribution in [0.4, 0.5) is 14.6 Å². The largest absolute Gasteiger partial charge is 0.507 e. The number of anilines is 1. The second-order valence-electron chi connectivity index (χ2n) is 7.29. The summed E-state index contributed by atoms with van der Waals surface area (Å²) >= 11 is 6.34. The summed E-state index contributed by atoms with van der Waals surface area (Å²) in [4.78, 5) is 23.6. The van der Waals surface area contributed by atoms with E-state index in [1.165, 1.54) is 35.5 Å². The number of rotatable bonds is 4. The third kappa shape index (κ3) is 3.63. The second-order valence-corrected chi connectivity index (χ2v) is 7.70. The van der Waals surface area contributed by atoms with Crippen LogP contribution >= 0.6 is 11.6 Å². The number of aromatic hydroxyl groups is 1. The molecule has 2 heterocycles. The van der Waals surface area contributed by atoms with E-state index in [0.29, 0.717) is 18.9 Å². The van der Waals surface area contributed by atoms with Crippen LogP contribution in [-0.2, 0) is 4.79 Å². The monoisotopic (exact) mass is 460 g/mol. The summed E-state index contributed by atoms with van der Waals surface area (Å²) in [5, 5.41) is 20.0. The SMILES string of the molecule is C=CC(=O)N1CCN(c2ncnc3c(F)c(-c4c(O)cccc4F)c(Cl)cc23)CC1CO. The second kappa shape index (κ2) is 8.68. The van der Waals surface area contributed by atoms with E-state index >= 15 is 4.39 Å². The van der Waals surface area contributed by atoms with Crippen LogP contribution < -0.4 is 4.90 Å². The van der Waals surface area contributed by atoms with Gasteiger partial charge in [0, 0.05) is 30.6 Å². The maximum Gasteiger partial charge on any atom is 0.246 e. The third-order valence-corrected chi connectivity index (χ3v) is 5.79. The van der Waals surface area contributed by atoms with Crippen LogP contribution in [0.25, 0.3) is 22.0 Å². The van der Waals surface area contributed by atoms with Crippen molar-refractivity contribution in [3.63, 3.8) is 0 Å². The van der Waals surface area contributed by atoms with Crippen molar-refractivity contribution in [3.8, 4) is 16.9 Å². The Morgan fingerprint density at radius 3 is 2.75 bits per heavy atom.